The fourth-order valence-corrected chi connectivity index (χ4v) is 1.80. The molecular weight excluding hydrogens is 212 g/mol. The molecule has 1 aromatic heterocycles. The molecule has 1 aromatic rings. The van der Waals surface area contributed by atoms with Gasteiger partial charge in [-0.15, -0.1) is 5.10 Å². The number of likely N-dealkylation sites (N-methyl/N-ethyl adjacent to an activating group) is 1. The molecule has 15 heavy (non-hydrogen) atoms. The summed E-state index contributed by atoms with van der Waals surface area (Å²) in [6.45, 7) is 7.73. The number of rotatable bonds is 6. The molecule has 0 aromatic carbocycles. The summed E-state index contributed by atoms with van der Waals surface area (Å²) in [4.78, 5) is 11.1. The number of aromatic amines is 1. The second-order valence-electron chi connectivity index (χ2n) is 3.19. The van der Waals surface area contributed by atoms with Crippen LogP contribution in [-0.4, -0.2) is 33.6 Å². The summed E-state index contributed by atoms with van der Waals surface area (Å²) in [7, 11) is 1.70. The first-order valence-corrected chi connectivity index (χ1v) is 5.75. The maximum atomic E-state index is 11.1. The van der Waals surface area contributed by atoms with E-state index in [1.165, 1.54) is 16.3 Å². The van der Waals surface area contributed by atoms with E-state index < -0.39 is 0 Å². The summed E-state index contributed by atoms with van der Waals surface area (Å²) in [6, 6.07) is 0. The Bertz CT molecular complexity index is 382. The highest BCUT2D eigenvalue weighted by molar-refractivity contribution is 7.99. The lowest BCUT2D eigenvalue weighted by atomic mass is 10.3. The van der Waals surface area contributed by atoms with Crippen molar-refractivity contribution in [1.29, 1.82) is 0 Å². The van der Waals surface area contributed by atoms with Gasteiger partial charge >= 0.3 is 5.69 Å². The topological polar surface area (TPSA) is 62.7 Å². The molecule has 1 rings (SSSR count). The predicted octanol–water partition coefficient (Wildman–Crippen LogP) is 0.366. The van der Waals surface area contributed by atoms with E-state index in [1.54, 1.807) is 7.05 Å². The first kappa shape index (κ1) is 12.1. The summed E-state index contributed by atoms with van der Waals surface area (Å²) in [5.74, 6) is 0.769. The molecule has 2 N–H and O–H groups in total. The minimum absolute atomic E-state index is 0.185. The van der Waals surface area contributed by atoms with E-state index in [2.05, 4.69) is 29.0 Å². The van der Waals surface area contributed by atoms with Crippen molar-refractivity contribution >= 4 is 11.8 Å². The number of hydrogen-bond acceptors (Lipinski definition) is 4. The lowest BCUT2D eigenvalue weighted by molar-refractivity contribution is 0.763. The average Bonchev–Trinajstić information content (AvgIpc) is 2.54. The Kier molecular flexibility index (Phi) is 4.64. The van der Waals surface area contributed by atoms with Crippen molar-refractivity contribution in [1.82, 2.24) is 20.1 Å². The SMILES string of the molecule is C=C(CNCC)CSc1n[nH]c(=O)n1C. The number of thioether (sulfide) groups is 1. The van der Waals surface area contributed by atoms with E-state index in [0.29, 0.717) is 5.16 Å². The van der Waals surface area contributed by atoms with Crippen molar-refractivity contribution in [2.45, 2.75) is 12.1 Å². The standard InChI is InChI=1S/C9H16N4OS/c1-4-10-5-7(2)6-15-9-12-11-8(14)13(9)3/h10H,2,4-6H2,1,3H3,(H,11,14). The zero-order chi connectivity index (χ0) is 11.3. The molecule has 5 nitrogen and oxygen atoms in total. The molecule has 0 aliphatic heterocycles. The van der Waals surface area contributed by atoms with Crippen molar-refractivity contribution < 1.29 is 0 Å². The summed E-state index contributed by atoms with van der Waals surface area (Å²) < 4.78 is 1.49. The van der Waals surface area contributed by atoms with E-state index in [4.69, 9.17) is 0 Å². The fraction of sp³-hybridized carbons (Fsp3) is 0.556. The number of H-pyrrole nitrogens is 1. The summed E-state index contributed by atoms with van der Waals surface area (Å²) >= 11 is 1.51. The minimum atomic E-state index is -0.185. The van der Waals surface area contributed by atoms with E-state index in [0.717, 1.165) is 24.4 Å². The maximum absolute atomic E-state index is 11.1. The van der Waals surface area contributed by atoms with Gasteiger partial charge in [0.1, 0.15) is 0 Å². The molecule has 84 valence electrons. The van der Waals surface area contributed by atoms with E-state index in [1.807, 2.05) is 0 Å². The van der Waals surface area contributed by atoms with Crippen molar-refractivity contribution in [2.75, 3.05) is 18.8 Å². The number of aromatic nitrogens is 3. The zero-order valence-corrected chi connectivity index (χ0v) is 9.86. The number of nitrogens with zero attached hydrogens (tertiary/aromatic N) is 2. The van der Waals surface area contributed by atoms with E-state index in [-0.39, 0.29) is 5.69 Å². The number of nitrogens with one attached hydrogen (secondary N) is 2. The van der Waals surface area contributed by atoms with Crippen LogP contribution in [0.3, 0.4) is 0 Å². The van der Waals surface area contributed by atoms with Crippen molar-refractivity contribution in [3.8, 4) is 0 Å². The first-order valence-electron chi connectivity index (χ1n) is 4.76. The molecule has 0 aliphatic carbocycles. The van der Waals surface area contributed by atoms with Crippen LogP contribution in [0.2, 0.25) is 0 Å². The molecule has 0 bridgehead atoms. The summed E-state index contributed by atoms with van der Waals surface area (Å²) in [5.41, 5.74) is 0.909. The Morgan fingerprint density at radius 3 is 3.00 bits per heavy atom. The highest BCUT2D eigenvalue weighted by atomic mass is 32.2. The lowest BCUT2D eigenvalue weighted by Gasteiger charge is -2.04. The van der Waals surface area contributed by atoms with Gasteiger partial charge in [0.15, 0.2) is 5.16 Å². The normalized spacial score (nSPS) is 10.5. The fourth-order valence-electron chi connectivity index (χ4n) is 0.981. The Morgan fingerprint density at radius 2 is 2.47 bits per heavy atom. The number of hydrogen-bond donors (Lipinski definition) is 2. The van der Waals surface area contributed by atoms with Crippen molar-refractivity contribution in [3.63, 3.8) is 0 Å². The third kappa shape index (κ3) is 3.56. The van der Waals surface area contributed by atoms with Gasteiger partial charge in [-0.2, -0.15) is 0 Å². The van der Waals surface area contributed by atoms with Crippen LogP contribution >= 0.6 is 11.8 Å². The van der Waals surface area contributed by atoms with Crippen LogP contribution in [0.4, 0.5) is 0 Å². The van der Waals surface area contributed by atoms with Gasteiger partial charge in [-0.05, 0) is 6.54 Å². The molecule has 1 heterocycles. The molecule has 0 saturated heterocycles. The summed E-state index contributed by atoms with van der Waals surface area (Å²) in [6.07, 6.45) is 0. The molecule has 0 amide bonds. The van der Waals surface area contributed by atoms with Gasteiger partial charge in [-0.1, -0.05) is 30.8 Å². The highest BCUT2D eigenvalue weighted by Crippen LogP contribution is 2.14. The second-order valence-corrected chi connectivity index (χ2v) is 4.13. The monoisotopic (exact) mass is 228 g/mol. The minimum Gasteiger partial charge on any atom is -0.313 e. The zero-order valence-electron chi connectivity index (χ0n) is 9.04. The Morgan fingerprint density at radius 1 is 1.73 bits per heavy atom. The van der Waals surface area contributed by atoms with E-state index >= 15 is 0 Å². The maximum Gasteiger partial charge on any atom is 0.343 e. The quantitative estimate of drug-likeness (QED) is 0.545. The van der Waals surface area contributed by atoms with Crippen LogP contribution in [0, 0.1) is 0 Å². The Hall–Kier alpha value is -1.01. The van der Waals surface area contributed by atoms with Crippen LogP contribution in [0.5, 0.6) is 0 Å². The van der Waals surface area contributed by atoms with Crippen LogP contribution in [0.25, 0.3) is 0 Å². The Labute approximate surface area is 93.0 Å². The van der Waals surface area contributed by atoms with Crippen LogP contribution in [0.1, 0.15) is 6.92 Å². The Balaban J connectivity index is 2.40. The molecule has 0 fully saturated rings. The third-order valence-electron chi connectivity index (χ3n) is 1.87. The van der Waals surface area contributed by atoms with Gasteiger partial charge < -0.3 is 5.32 Å². The molecule has 0 saturated carbocycles. The van der Waals surface area contributed by atoms with Crippen LogP contribution in [-0.2, 0) is 7.05 Å². The van der Waals surface area contributed by atoms with Gasteiger partial charge in [0.2, 0.25) is 0 Å². The van der Waals surface area contributed by atoms with Gasteiger partial charge in [0, 0.05) is 19.3 Å². The van der Waals surface area contributed by atoms with Crippen molar-refractivity contribution in [2.24, 2.45) is 7.05 Å². The molecule has 0 unspecified atom stereocenters. The van der Waals surface area contributed by atoms with Crippen LogP contribution in [0.15, 0.2) is 22.1 Å². The van der Waals surface area contributed by atoms with Gasteiger partial charge in [0.05, 0.1) is 0 Å². The van der Waals surface area contributed by atoms with Gasteiger partial charge in [-0.25, -0.2) is 9.89 Å². The lowest BCUT2D eigenvalue weighted by Crippen LogP contribution is -2.17. The molecule has 0 spiro atoms. The summed E-state index contributed by atoms with van der Waals surface area (Å²) in [5, 5.41) is 10.2. The molecule has 0 atom stereocenters. The third-order valence-corrected chi connectivity index (χ3v) is 3.05. The smallest absolute Gasteiger partial charge is 0.313 e. The van der Waals surface area contributed by atoms with E-state index in [9.17, 15) is 4.79 Å². The predicted molar refractivity (Wildman–Crippen MR) is 62.2 cm³/mol. The van der Waals surface area contributed by atoms with Gasteiger partial charge in [0.25, 0.3) is 0 Å². The second kappa shape index (κ2) is 5.77. The molecule has 6 heteroatoms. The highest BCUT2D eigenvalue weighted by Gasteiger charge is 2.04. The molecular formula is C9H16N4OS. The molecule has 0 aliphatic rings. The van der Waals surface area contributed by atoms with Crippen molar-refractivity contribution in [3.05, 3.63) is 22.6 Å². The average molecular weight is 228 g/mol. The first-order chi connectivity index (χ1) is 7.15. The molecule has 0 radical (unpaired) electrons. The largest absolute Gasteiger partial charge is 0.343 e. The van der Waals surface area contributed by atoms with Gasteiger partial charge in [-0.3, -0.25) is 4.57 Å². The van der Waals surface area contributed by atoms with Crippen LogP contribution < -0.4 is 11.0 Å².